The molecule has 0 aliphatic carbocycles. The number of hydrogen-bond donors (Lipinski definition) is 1. The molecule has 3 heteroatoms. The van der Waals surface area contributed by atoms with E-state index in [0.717, 1.165) is 6.54 Å². The summed E-state index contributed by atoms with van der Waals surface area (Å²) in [5.41, 5.74) is 7.26. The fourth-order valence-electron chi connectivity index (χ4n) is 2.94. The van der Waals surface area contributed by atoms with Crippen LogP contribution in [0, 0.1) is 5.92 Å². The quantitative estimate of drug-likeness (QED) is 0.870. The molecule has 2 atom stereocenters. The SMILES string of the molecule is CC(C)N1CCCC(CN)C1c1cccnc1. The van der Waals surface area contributed by atoms with Crippen molar-refractivity contribution in [3.8, 4) is 0 Å². The zero-order valence-electron chi connectivity index (χ0n) is 10.8. The maximum atomic E-state index is 5.95. The zero-order chi connectivity index (χ0) is 12.3. The van der Waals surface area contributed by atoms with Gasteiger partial charge in [-0.15, -0.1) is 0 Å². The van der Waals surface area contributed by atoms with Crippen LogP contribution in [0.2, 0.25) is 0 Å². The van der Waals surface area contributed by atoms with Crippen LogP contribution in [0.1, 0.15) is 38.3 Å². The summed E-state index contributed by atoms with van der Waals surface area (Å²) in [7, 11) is 0. The number of rotatable bonds is 3. The maximum absolute atomic E-state index is 5.95. The summed E-state index contributed by atoms with van der Waals surface area (Å²) in [6.45, 7) is 6.47. The van der Waals surface area contributed by atoms with Crippen LogP contribution in [0.15, 0.2) is 24.5 Å². The van der Waals surface area contributed by atoms with Gasteiger partial charge in [0.25, 0.3) is 0 Å². The minimum Gasteiger partial charge on any atom is -0.330 e. The molecule has 3 nitrogen and oxygen atoms in total. The Morgan fingerprint density at radius 1 is 1.53 bits per heavy atom. The number of nitrogens with zero attached hydrogens (tertiary/aromatic N) is 2. The van der Waals surface area contributed by atoms with Gasteiger partial charge < -0.3 is 5.73 Å². The molecular weight excluding hydrogens is 210 g/mol. The van der Waals surface area contributed by atoms with Crippen molar-refractivity contribution >= 4 is 0 Å². The van der Waals surface area contributed by atoms with Crippen molar-refractivity contribution in [2.24, 2.45) is 11.7 Å². The Balaban J connectivity index is 2.28. The van der Waals surface area contributed by atoms with E-state index >= 15 is 0 Å². The van der Waals surface area contributed by atoms with Gasteiger partial charge in [0.15, 0.2) is 0 Å². The molecule has 1 aliphatic rings. The van der Waals surface area contributed by atoms with E-state index in [4.69, 9.17) is 5.73 Å². The summed E-state index contributed by atoms with van der Waals surface area (Å²) in [6.07, 6.45) is 6.33. The second-order valence-electron chi connectivity index (χ2n) is 5.20. The molecule has 0 bridgehead atoms. The third-order valence-corrected chi connectivity index (χ3v) is 3.79. The summed E-state index contributed by atoms with van der Waals surface area (Å²) in [5, 5.41) is 0. The smallest absolute Gasteiger partial charge is 0.0406 e. The molecule has 1 aliphatic heterocycles. The van der Waals surface area contributed by atoms with Crippen LogP contribution < -0.4 is 5.73 Å². The lowest BCUT2D eigenvalue weighted by atomic mass is 9.84. The lowest BCUT2D eigenvalue weighted by Gasteiger charge is -2.43. The van der Waals surface area contributed by atoms with Gasteiger partial charge in [-0.3, -0.25) is 9.88 Å². The number of hydrogen-bond acceptors (Lipinski definition) is 3. The summed E-state index contributed by atoms with van der Waals surface area (Å²) >= 11 is 0. The first-order valence-corrected chi connectivity index (χ1v) is 6.59. The average Bonchev–Trinajstić information content (AvgIpc) is 2.38. The third kappa shape index (κ3) is 2.67. The molecule has 2 N–H and O–H groups in total. The van der Waals surface area contributed by atoms with Gasteiger partial charge in [0.2, 0.25) is 0 Å². The van der Waals surface area contributed by atoms with Crippen LogP contribution in [-0.4, -0.2) is 29.0 Å². The van der Waals surface area contributed by atoms with Crippen molar-refractivity contribution in [1.82, 2.24) is 9.88 Å². The van der Waals surface area contributed by atoms with Gasteiger partial charge in [-0.1, -0.05) is 6.07 Å². The van der Waals surface area contributed by atoms with E-state index in [0.29, 0.717) is 18.0 Å². The zero-order valence-corrected chi connectivity index (χ0v) is 10.8. The van der Waals surface area contributed by atoms with Crippen molar-refractivity contribution in [2.45, 2.75) is 38.8 Å². The molecular formula is C14H23N3. The summed E-state index contributed by atoms with van der Waals surface area (Å²) < 4.78 is 0. The molecule has 17 heavy (non-hydrogen) atoms. The number of nitrogens with two attached hydrogens (primary N) is 1. The Labute approximate surface area is 104 Å². The first-order chi connectivity index (χ1) is 8.24. The Morgan fingerprint density at radius 2 is 2.35 bits per heavy atom. The van der Waals surface area contributed by atoms with Crippen molar-refractivity contribution in [3.63, 3.8) is 0 Å². The first kappa shape index (κ1) is 12.5. The van der Waals surface area contributed by atoms with E-state index in [-0.39, 0.29) is 0 Å². The van der Waals surface area contributed by atoms with Crippen LogP contribution in [0.3, 0.4) is 0 Å². The van der Waals surface area contributed by atoms with Gasteiger partial charge in [0.1, 0.15) is 0 Å². The molecule has 1 fully saturated rings. The maximum Gasteiger partial charge on any atom is 0.0406 e. The molecule has 2 rings (SSSR count). The first-order valence-electron chi connectivity index (χ1n) is 6.59. The van der Waals surface area contributed by atoms with Crippen molar-refractivity contribution in [3.05, 3.63) is 30.1 Å². The van der Waals surface area contributed by atoms with Crippen molar-refractivity contribution < 1.29 is 0 Å². The Kier molecular flexibility index (Phi) is 4.13. The highest BCUT2D eigenvalue weighted by molar-refractivity contribution is 5.16. The molecule has 0 spiro atoms. The average molecular weight is 233 g/mol. The van der Waals surface area contributed by atoms with Gasteiger partial charge in [-0.05, 0) is 57.3 Å². The summed E-state index contributed by atoms with van der Waals surface area (Å²) in [6, 6.07) is 5.22. The lowest BCUT2D eigenvalue weighted by molar-refractivity contribution is 0.0663. The minimum atomic E-state index is 0.447. The largest absolute Gasteiger partial charge is 0.330 e. The second-order valence-corrected chi connectivity index (χ2v) is 5.20. The molecule has 0 amide bonds. The highest BCUT2D eigenvalue weighted by Gasteiger charge is 2.33. The highest BCUT2D eigenvalue weighted by Crippen LogP contribution is 2.36. The van der Waals surface area contributed by atoms with E-state index in [2.05, 4.69) is 29.8 Å². The molecule has 94 valence electrons. The van der Waals surface area contributed by atoms with Gasteiger partial charge in [0, 0.05) is 24.5 Å². The Morgan fingerprint density at radius 3 is 2.94 bits per heavy atom. The third-order valence-electron chi connectivity index (χ3n) is 3.79. The van der Waals surface area contributed by atoms with E-state index < -0.39 is 0 Å². The minimum absolute atomic E-state index is 0.447. The van der Waals surface area contributed by atoms with Crippen LogP contribution in [0.25, 0.3) is 0 Å². The molecule has 2 heterocycles. The van der Waals surface area contributed by atoms with Gasteiger partial charge in [-0.25, -0.2) is 0 Å². The number of piperidine rings is 1. The van der Waals surface area contributed by atoms with E-state index in [1.54, 1.807) is 0 Å². The molecule has 0 aromatic carbocycles. The van der Waals surface area contributed by atoms with Crippen LogP contribution in [0.5, 0.6) is 0 Å². The normalized spacial score (nSPS) is 26.4. The molecule has 1 aromatic heterocycles. The molecule has 0 saturated carbocycles. The molecule has 0 radical (unpaired) electrons. The van der Waals surface area contributed by atoms with Gasteiger partial charge in [0.05, 0.1) is 0 Å². The fourth-order valence-corrected chi connectivity index (χ4v) is 2.94. The summed E-state index contributed by atoms with van der Waals surface area (Å²) in [4.78, 5) is 6.82. The lowest BCUT2D eigenvalue weighted by Crippen LogP contribution is -2.44. The predicted molar refractivity (Wildman–Crippen MR) is 70.6 cm³/mol. The van der Waals surface area contributed by atoms with E-state index in [1.807, 2.05) is 18.5 Å². The van der Waals surface area contributed by atoms with Crippen LogP contribution in [-0.2, 0) is 0 Å². The highest BCUT2D eigenvalue weighted by atomic mass is 15.2. The molecule has 1 saturated heterocycles. The number of likely N-dealkylation sites (tertiary alicyclic amines) is 1. The van der Waals surface area contributed by atoms with E-state index in [9.17, 15) is 0 Å². The fraction of sp³-hybridized carbons (Fsp3) is 0.643. The monoisotopic (exact) mass is 233 g/mol. The van der Waals surface area contributed by atoms with Crippen LogP contribution >= 0.6 is 0 Å². The number of pyridine rings is 1. The topological polar surface area (TPSA) is 42.1 Å². The number of aromatic nitrogens is 1. The van der Waals surface area contributed by atoms with Gasteiger partial charge in [-0.2, -0.15) is 0 Å². The van der Waals surface area contributed by atoms with Crippen molar-refractivity contribution in [2.75, 3.05) is 13.1 Å². The standard InChI is InChI=1S/C14H23N3/c1-11(2)17-8-4-6-12(9-15)14(17)13-5-3-7-16-10-13/h3,5,7,10-12,14H,4,6,8-9,15H2,1-2H3. The van der Waals surface area contributed by atoms with Gasteiger partial charge >= 0.3 is 0 Å². The Bertz CT molecular complexity index is 337. The van der Waals surface area contributed by atoms with Crippen molar-refractivity contribution in [1.29, 1.82) is 0 Å². The van der Waals surface area contributed by atoms with E-state index in [1.165, 1.54) is 24.9 Å². The molecule has 2 unspecified atom stereocenters. The molecule has 1 aromatic rings. The predicted octanol–water partition coefficient (Wildman–Crippen LogP) is 2.20. The van der Waals surface area contributed by atoms with Crippen LogP contribution in [0.4, 0.5) is 0 Å². The second kappa shape index (κ2) is 5.61. The summed E-state index contributed by atoms with van der Waals surface area (Å²) in [5.74, 6) is 0.565. The Hall–Kier alpha value is -0.930.